The van der Waals surface area contributed by atoms with Crippen molar-refractivity contribution in [2.45, 2.75) is 27.7 Å². The summed E-state index contributed by atoms with van der Waals surface area (Å²) in [6.45, 7) is 8.57. The van der Waals surface area contributed by atoms with Crippen LogP contribution in [0.15, 0.2) is 16.6 Å². The van der Waals surface area contributed by atoms with E-state index in [0.717, 1.165) is 4.47 Å². The van der Waals surface area contributed by atoms with Gasteiger partial charge < -0.3 is 9.47 Å². The van der Waals surface area contributed by atoms with Gasteiger partial charge in [0.1, 0.15) is 0 Å². The molecular weight excluding hydrogens is 320 g/mol. The number of methoxy groups -OCH3 is 2. The Kier molecular flexibility index (Phi) is 3.66. The maximum atomic E-state index is 12.8. The molecule has 0 bridgehead atoms. The molecule has 1 fully saturated rings. The van der Waals surface area contributed by atoms with E-state index in [4.69, 9.17) is 9.47 Å². The monoisotopic (exact) mass is 340 g/mol. The van der Waals surface area contributed by atoms with E-state index >= 15 is 0 Å². The molecular formula is C16H21BrO3. The van der Waals surface area contributed by atoms with Crippen LogP contribution in [0.2, 0.25) is 0 Å². The van der Waals surface area contributed by atoms with Crippen LogP contribution in [0.3, 0.4) is 0 Å². The fourth-order valence-electron chi connectivity index (χ4n) is 3.05. The van der Waals surface area contributed by atoms with E-state index in [-0.39, 0.29) is 22.5 Å². The van der Waals surface area contributed by atoms with Crippen molar-refractivity contribution in [2.24, 2.45) is 16.7 Å². The van der Waals surface area contributed by atoms with Gasteiger partial charge in [-0.25, -0.2) is 0 Å². The van der Waals surface area contributed by atoms with Crippen LogP contribution in [0.1, 0.15) is 38.1 Å². The molecule has 20 heavy (non-hydrogen) atoms. The van der Waals surface area contributed by atoms with Crippen LogP contribution in [-0.4, -0.2) is 20.0 Å². The van der Waals surface area contributed by atoms with Gasteiger partial charge in [0.15, 0.2) is 17.3 Å². The summed E-state index contributed by atoms with van der Waals surface area (Å²) in [6, 6.07) is 3.55. The molecule has 2 rings (SSSR count). The summed E-state index contributed by atoms with van der Waals surface area (Å²) in [5.41, 5.74) is 0.708. The number of Topliss-reactive ketones (excluding diaryl/α,β-unsaturated/α-hetero) is 1. The first-order chi connectivity index (χ1) is 9.18. The predicted octanol–water partition coefficient (Wildman–Crippen LogP) is 4.33. The second-order valence-electron chi connectivity index (χ2n) is 6.43. The fourth-order valence-corrected chi connectivity index (χ4v) is 3.57. The number of carbonyl (C=O) groups is 1. The molecule has 0 radical (unpaired) electrons. The van der Waals surface area contributed by atoms with E-state index in [1.54, 1.807) is 26.4 Å². The van der Waals surface area contributed by atoms with Crippen molar-refractivity contribution in [3.05, 3.63) is 22.2 Å². The molecule has 4 heteroatoms. The maximum absolute atomic E-state index is 12.8. The number of benzene rings is 1. The molecule has 0 aliphatic heterocycles. The van der Waals surface area contributed by atoms with E-state index in [2.05, 4.69) is 43.6 Å². The average molecular weight is 341 g/mol. The Balaban J connectivity index is 2.42. The number of hydrogen-bond donors (Lipinski definition) is 0. The normalized spacial score (nSPS) is 19.6. The average Bonchev–Trinajstić information content (AvgIpc) is 2.78. The number of hydrogen-bond acceptors (Lipinski definition) is 3. The largest absolute Gasteiger partial charge is 0.493 e. The van der Waals surface area contributed by atoms with E-state index < -0.39 is 0 Å². The molecule has 0 amide bonds. The van der Waals surface area contributed by atoms with Gasteiger partial charge in [0, 0.05) is 16.0 Å². The summed E-state index contributed by atoms with van der Waals surface area (Å²) >= 11 is 3.47. The Morgan fingerprint density at radius 1 is 1.05 bits per heavy atom. The fraction of sp³-hybridized carbons (Fsp3) is 0.562. The van der Waals surface area contributed by atoms with Gasteiger partial charge in [-0.2, -0.15) is 0 Å². The number of ketones is 1. The van der Waals surface area contributed by atoms with Crippen LogP contribution in [0.4, 0.5) is 0 Å². The highest BCUT2D eigenvalue weighted by molar-refractivity contribution is 9.10. The van der Waals surface area contributed by atoms with E-state index in [1.165, 1.54) is 0 Å². The second kappa shape index (κ2) is 4.76. The van der Waals surface area contributed by atoms with Gasteiger partial charge in [-0.3, -0.25) is 4.79 Å². The minimum Gasteiger partial charge on any atom is -0.493 e. The summed E-state index contributed by atoms with van der Waals surface area (Å²) in [6.07, 6.45) is 0. The molecule has 0 unspecified atom stereocenters. The third-order valence-electron chi connectivity index (χ3n) is 5.02. The Labute approximate surface area is 128 Å². The third kappa shape index (κ3) is 2.05. The van der Waals surface area contributed by atoms with Crippen molar-refractivity contribution < 1.29 is 14.3 Å². The molecule has 0 spiro atoms. The number of carbonyl (C=O) groups excluding carboxylic acids is 1. The molecule has 1 aromatic rings. The lowest BCUT2D eigenvalue weighted by atomic mass is 10.0. The van der Waals surface area contributed by atoms with Gasteiger partial charge in [-0.05, 0) is 38.9 Å². The number of rotatable bonds is 4. The Morgan fingerprint density at radius 3 is 1.90 bits per heavy atom. The zero-order valence-corrected chi connectivity index (χ0v) is 14.4. The lowest BCUT2D eigenvalue weighted by Crippen LogP contribution is -2.09. The van der Waals surface area contributed by atoms with Crippen molar-refractivity contribution >= 4 is 21.7 Å². The highest BCUT2D eigenvalue weighted by Gasteiger charge is 2.68. The van der Waals surface area contributed by atoms with Crippen molar-refractivity contribution in [1.29, 1.82) is 0 Å². The quantitative estimate of drug-likeness (QED) is 0.765. The van der Waals surface area contributed by atoms with Crippen molar-refractivity contribution in [1.82, 2.24) is 0 Å². The standard InChI is InChI=1S/C16H21BrO3/c1-15(2)14(16(15,3)4)13(18)9-7-11(19-5)12(20-6)8-10(9)17/h7-8,14H,1-6H3. The molecule has 1 aliphatic carbocycles. The Hall–Kier alpha value is -1.03. The molecule has 0 atom stereocenters. The first kappa shape index (κ1) is 15.4. The molecule has 3 nitrogen and oxygen atoms in total. The van der Waals surface area contributed by atoms with Crippen LogP contribution >= 0.6 is 15.9 Å². The van der Waals surface area contributed by atoms with Crippen molar-refractivity contribution in [3.63, 3.8) is 0 Å². The van der Waals surface area contributed by atoms with E-state index in [9.17, 15) is 4.79 Å². The van der Waals surface area contributed by atoms with E-state index in [0.29, 0.717) is 17.1 Å². The first-order valence-electron chi connectivity index (χ1n) is 6.64. The summed E-state index contributed by atoms with van der Waals surface area (Å²) in [5, 5.41) is 0. The van der Waals surface area contributed by atoms with Crippen LogP contribution < -0.4 is 9.47 Å². The highest BCUT2D eigenvalue weighted by atomic mass is 79.9. The summed E-state index contributed by atoms with van der Waals surface area (Å²) in [7, 11) is 3.16. The molecule has 0 aromatic heterocycles. The SMILES string of the molecule is COc1cc(Br)c(C(=O)C2C(C)(C)C2(C)C)cc1OC. The Morgan fingerprint density at radius 2 is 1.50 bits per heavy atom. The van der Waals surface area contributed by atoms with Crippen molar-refractivity contribution in [2.75, 3.05) is 14.2 Å². The van der Waals surface area contributed by atoms with Gasteiger partial charge >= 0.3 is 0 Å². The minimum absolute atomic E-state index is 0.0245. The van der Waals surface area contributed by atoms with E-state index in [1.807, 2.05) is 0 Å². The van der Waals surface area contributed by atoms with Gasteiger partial charge in [0.25, 0.3) is 0 Å². The first-order valence-corrected chi connectivity index (χ1v) is 7.43. The minimum atomic E-state index is 0.0245. The van der Waals surface area contributed by atoms with Crippen LogP contribution in [0, 0.1) is 16.7 Å². The second-order valence-corrected chi connectivity index (χ2v) is 7.28. The van der Waals surface area contributed by atoms with Gasteiger partial charge in [-0.15, -0.1) is 0 Å². The highest BCUT2D eigenvalue weighted by Crippen LogP contribution is 2.69. The number of halogens is 1. The summed E-state index contributed by atoms with van der Waals surface area (Å²) in [4.78, 5) is 12.8. The zero-order valence-electron chi connectivity index (χ0n) is 12.8. The number of ether oxygens (including phenoxy) is 2. The summed E-state index contributed by atoms with van der Waals surface area (Å²) < 4.78 is 11.3. The van der Waals surface area contributed by atoms with Gasteiger partial charge in [-0.1, -0.05) is 27.7 Å². The van der Waals surface area contributed by atoms with Crippen molar-refractivity contribution in [3.8, 4) is 11.5 Å². The molecule has 110 valence electrons. The zero-order chi connectivity index (χ0) is 15.3. The lowest BCUT2D eigenvalue weighted by molar-refractivity contribution is 0.0944. The van der Waals surface area contributed by atoms with Crippen LogP contribution in [0.25, 0.3) is 0 Å². The van der Waals surface area contributed by atoms with Gasteiger partial charge in [0.2, 0.25) is 0 Å². The smallest absolute Gasteiger partial charge is 0.168 e. The van der Waals surface area contributed by atoms with Crippen LogP contribution in [0.5, 0.6) is 11.5 Å². The third-order valence-corrected chi connectivity index (χ3v) is 5.68. The topological polar surface area (TPSA) is 35.5 Å². The molecule has 0 heterocycles. The lowest BCUT2D eigenvalue weighted by Gasteiger charge is -2.12. The summed E-state index contributed by atoms with van der Waals surface area (Å²) in [5.74, 6) is 1.39. The molecule has 0 saturated heterocycles. The van der Waals surface area contributed by atoms with Crippen LogP contribution in [-0.2, 0) is 0 Å². The Bertz CT molecular complexity index is 547. The molecule has 1 aromatic carbocycles. The maximum Gasteiger partial charge on any atom is 0.168 e. The molecule has 1 saturated carbocycles. The molecule has 0 N–H and O–H groups in total. The molecule has 1 aliphatic rings. The van der Waals surface area contributed by atoms with Gasteiger partial charge in [0.05, 0.1) is 14.2 Å². The predicted molar refractivity (Wildman–Crippen MR) is 82.6 cm³/mol.